The van der Waals surface area contributed by atoms with Crippen molar-refractivity contribution in [2.24, 2.45) is 0 Å². The molecule has 2 heterocycles. The van der Waals surface area contributed by atoms with Crippen LogP contribution in [0.4, 0.5) is 5.69 Å². The van der Waals surface area contributed by atoms with Crippen molar-refractivity contribution in [2.75, 3.05) is 5.32 Å². The molecule has 3 rings (SSSR count). The number of H-pyrrole nitrogens is 2. The number of aryl methyl sites for hydroxylation is 1. The van der Waals surface area contributed by atoms with Gasteiger partial charge in [0.15, 0.2) is 5.56 Å². The average molecular weight is 358 g/mol. The third-order valence-electron chi connectivity index (χ3n) is 3.46. The molecule has 0 bridgehead atoms. The van der Waals surface area contributed by atoms with Crippen molar-refractivity contribution in [3.63, 3.8) is 0 Å². The summed E-state index contributed by atoms with van der Waals surface area (Å²) in [6.45, 7) is 1.82. The van der Waals surface area contributed by atoms with Crippen LogP contribution < -0.4 is 10.9 Å². The van der Waals surface area contributed by atoms with Gasteiger partial charge < -0.3 is 15.4 Å². The number of carbonyl (C=O) groups excluding carboxylic acids is 1. The van der Waals surface area contributed by atoms with Gasteiger partial charge in [-0.15, -0.1) is 0 Å². The molecule has 0 aliphatic rings. The molecular weight excluding hydrogens is 344 g/mol. The quantitative estimate of drug-likeness (QED) is 0.445. The Hall–Kier alpha value is -3.14. The number of thiol groups is 1. The van der Waals surface area contributed by atoms with Crippen molar-refractivity contribution in [1.29, 1.82) is 0 Å². The van der Waals surface area contributed by atoms with E-state index >= 15 is 0 Å². The van der Waals surface area contributed by atoms with E-state index in [2.05, 4.69) is 43.3 Å². The van der Waals surface area contributed by atoms with Crippen LogP contribution in [-0.2, 0) is 5.75 Å². The first kappa shape index (κ1) is 16.7. The SMILES string of the molecule is Cc1n[nH]nc1-c1ccc(NC(=O)c2c(O)nc(CS)[nH]c2=O)cc1. The van der Waals surface area contributed by atoms with Crippen LogP contribution in [-0.4, -0.2) is 36.4 Å². The highest BCUT2D eigenvalue weighted by molar-refractivity contribution is 7.79. The number of anilines is 1. The van der Waals surface area contributed by atoms with Crippen molar-refractivity contribution in [2.45, 2.75) is 12.7 Å². The van der Waals surface area contributed by atoms with Crippen molar-refractivity contribution in [1.82, 2.24) is 25.4 Å². The number of nitrogens with one attached hydrogen (secondary N) is 3. The number of aromatic nitrogens is 5. The van der Waals surface area contributed by atoms with E-state index in [-0.39, 0.29) is 11.6 Å². The standard InChI is InChI=1S/C15H14N6O3S/c1-7-12(20-21-19-7)8-2-4-9(5-3-8)16-13(22)11-14(23)17-10(6-25)18-15(11)24/h2-5,25H,6H2,1H3,(H,16,22)(H,19,20,21)(H2,17,18,23,24). The number of benzene rings is 1. The van der Waals surface area contributed by atoms with Crippen LogP contribution in [0.3, 0.4) is 0 Å². The molecule has 9 nitrogen and oxygen atoms in total. The average Bonchev–Trinajstić information content (AvgIpc) is 3.01. The summed E-state index contributed by atoms with van der Waals surface area (Å²) in [4.78, 5) is 30.3. The maximum atomic E-state index is 12.2. The second-order valence-corrected chi connectivity index (χ2v) is 5.47. The molecule has 2 aromatic heterocycles. The van der Waals surface area contributed by atoms with Crippen LogP contribution >= 0.6 is 12.6 Å². The van der Waals surface area contributed by atoms with Gasteiger partial charge in [-0.3, -0.25) is 9.59 Å². The lowest BCUT2D eigenvalue weighted by Crippen LogP contribution is -2.25. The van der Waals surface area contributed by atoms with Gasteiger partial charge in [0.25, 0.3) is 11.5 Å². The van der Waals surface area contributed by atoms with E-state index in [9.17, 15) is 14.7 Å². The predicted octanol–water partition coefficient (Wildman–Crippen LogP) is 1.25. The lowest BCUT2D eigenvalue weighted by molar-refractivity contribution is 0.102. The van der Waals surface area contributed by atoms with Crippen LogP contribution in [0.2, 0.25) is 0 Å². The van der Waals surface area contributed by atoms with Crippen LogP contribution in [0, 0.1) is 6.92 Å². The first-order valence-electron chi connectivity index (χ1n) is 7.21. The molecular formula is C15H14N6O3S. The Morgan fingerprint density at radius 2 is 2.00 bits per heavy atom. The molecule has 0 saturated carbocycles. The van der Waals surface area contributed by atoms with Crippen molar-refractivity contribution < 1.29 is 9.90 Å². The van der Waals surface area contributed by atoms with Gasteiger partial charge in [-0.1, -0.05) is 12.1 Å². The second-order valence-electron chi connectivity index (χ2n) is 5.16. The number of hydrogen-bond acceptors (Lipinski definition) is 7. The number of aromatic amines is 2. The van der Waals surface area contributed by atoms with Gasteiger partial charge in [0.05, 0.1) is 5.69 Å². The normalized spacial score (nSPS) is 10.6. The molecule has 3 aromatic rings. The molecule has 25 heavy (non-hydrogen) atoms. The summed E-state index contributed by atoms with van der Waals surface area (Å²) in [5, 5.41) is 22.9. The van der Waals surface area contributed by atoms with Gasteiger partial charge in [0.1, 0.15) is 11.5 Å². The lowest BCUT2D eigenvalue weighted by atomic mass is 10.1. The van der Waals surface area contributed by atoms with Gasteiger partial charge in [0.2, 0.25) is 5.88 Å². The summed E-state index contributed by atoms with van der Waals surface area (Å²) in [7, 11) is 0. The number of amides is 1. The number of carbonyl (C=O) groups is 1. The van der Waals surface area contributed by atoms with Crippen molar-refractivity contribution in [3.05, 3.63) is 51.7 Å². The molecule has 128 valence electrons. The molecule has 0 saturated heterocycles. The minimum atomic E-state index is -0.762. The Bertz CT molecular complexity index is 980. The van der Waals surface area contributed by atoms with Gasteiger partial charge in [0, 0.05) is 17.0 Å². The summed E-state index contributed by atoms with van der Waals surface area (Å²) in [5.74, 6) is -1.09. The molecule has 0 atom stereocenters. The van der Waals surface area contributed by atoms with Gasteiger partial charge >= 0.3 is 0 Å². The van der Waals surface area contributed by atoms with Crippen LogP contribution in [0.15, 0.2) is 29.1 Å². The molecule has 0 aliphatic heterocycles. The summed E-state index contributed by atoms with van der Waals surface area (Å²) in [6, 6.07) is 6.82. The monoisotopic (exact) mass is 358 g/mol. The zero-order chi connectivity index (χ0) is 18.0. The third-order valence-corrected chi connectivity index (χ3v) is 3.76. The van der Waals surface area contributed by atoms with Crippen LogP contribution in [0.5, 0.6) is 5.88 Å². The Kier molecular flexibility index (Phi) is 4.52. The minimum absolute atomic E-state index is 0.133. The Morgan fingerprint density at radius 3 is 2.56 bits per heavy atom. The molecule has 10 heteroatoms. The molecule has 0 unspecified atom stereocenters. The fourth-order valence-corrected chi connectivity index (χ4v) is 2.40. The summed E-state index contributed by atoms with van der Waals surface area (Å²) >= 11 is 3.96. The zero-order valence-electron chi connectivity index (χ0n) is 13.1. The van der Waals surface area contributed by atoms with E-state index < -0.39 is 22.9 Å². The van der Waals surface area contributed by atoms with E-state index in [0.29, 0.717) is 11.4 Å². The third kappa shape index (κ3) is 3.38. The summed E-state index contributed by atoms with van der Waals surface area (Å²) < 4.78 is 0. The smallest absolute Gasteiger partial charge is 0.267 e. The van der Waals surface area contributed by atoms with Crippen LogP contribution in [0.25, 0.3) is 11.3 Å². The molecule has 1 aromatic carbocycles. The second kappa shape index (κ2) is 6.77. The van der Waals surface area contributed by atoms with Gasteiger partial charge in [-0.25, -0.2) is 0 Å². The number of nitrogens with zero attached hydrogens (tertiary/aromatic N) is 3. The van der Waals surface area contributed by atoms with Crippen molar-refractivity contribution in [3.8, 4) is 17.1 Å². The molecule has 1 amide bonds. The van der Waals surface area contributed by atoms with E-state index in [0.717, 1.165) is 11.3 Å². The Balaban J connectivity index is 1.82. The topological polar surface area (TPSA) is 137 Å². The first-order valence-corrected chi connectivity index (χ1v) is 7.85. The van der Waals surface area contributed by atoms with E-state index in [4.69, 9.17) is 0 Å². The highest BCUT2D eigenvalue weighted by Gasteiger charge is 2.19. The summed E-state index contributed by atoms with van der Waals surface area (Å²) in [6.07, 6.45) is 0. The lowest BCUT2D eigenvalue weighted by Gasteiger charge is -2.07. The molecule has 0 aliphatic carbocycles. The fourth-order valence-electron chi connectivity index (χ4n) is 2.25. The maximum Gasteiger partial charge on any atom is 0.267 e. The number of hydrogen-bond donors (Lipinski definition) is 5. The zero-order valence-corrected chi connectivity index (χ0v) is 14.0. The first-order chi connectivity index (χ1) is 12.0. The highest BCUT2D eigenvalue weighted by atomic mass is 32.1. The molecule has 0 fully saturated rings. The fraction of sp³-hybridized carbons (Fsp3) is 0.133. The largest absolute Gasteiger partial charge is 0.493 e. The van der Waals surface area contributed by atoms with E-state index in [1.807, 2.05) is 6.92 Å². The molecule has 0 radical (unpaired) electrons. The summed E-state index contributed by atoms with van der Waals surface area (Å²) in [5.41, 5.74) is 1.55. The highest BCUT2D eigenvalue weighted by Crippen LogP contribution is 2.21. The van der Waals surface area contributed by atoms with E-state index in [1.54, 1.807) is 24.3 Å². The minimum Gasteiger partial charge on any atom is -0.493 e. The van der Waals surface area contributed by atoms with Crippen LogP contribution in [0.1, 0.15) is 21.9 Å². The number of rotatable bonds is 4. The molecule has 4 N–H and O–H groups in total. The predicted molar refractivity (Wildman–Crippen MR) is 93.7 cm³/mol. The van der Waals surface area contributed by atoms with Crippen molar-refractivity contribution >= 4 is 24.2 Å². The van der Waals surface area contributed by atoms with E-state index in [1.165, 1.54) is 0 Å². The Morgan fingerprint density at radius 1 is 1.28 bits per heavy atom. The van der Waals surface area contributed by atoms with Gasteiger partial charge in [-0.2, -0.15) is 33.0 Å². The Labute approximate surface area is 146 Å². The maximum absolute atomic E-state index is 12.2. The van der Waals surface area contributed by atoms with Gasteiger partial charge in [-0.05, 0) is 19.1 Å². The number of aromatic hydroxyl groups is 1. The molecule has 0 spiro atoms.